The number of nitrogens with zero attached hydrogens (tertiary/aromatic N) is 1. The number of allylic oxidation sites excluding steroid dienone is 1. The van der Waals surface area contributed by atoms with Gasteiger partial charge in [0.15, 0.2) is 0 Å². The summed E-state index contributed by atoms with van der Waals surface area (Å²) < 4.78 is 40.0. The fourth-order valence-corrected chi connectivity index (χ4v) is 7.17. The maximum Gasteiger partial charge on any atom is 0.240 e. The molecule has 2 aromatic carbocycles. The Balaban J connectivity index is 1.17. The van der Waals surface area contributed by atoms with Crippen LogP contribution in [0.1, 0.15) is 54.9 Å². The molecule has 0 radical (unpaired) electrons. The van der Waals surface area contributed by atoms with Gasteiger partial charge in [-0.25, -0.2) is 13.1 Å². The molecule has 7 nitrogen and oxygen atoms in total. The summed E-state index contributed by atoms with van der Waals surface area (Å²) in [6.45, 7) is 4.53. The molecule has 204 valence electrons. The average Bonchev–Trinajstić information content (AvgIpc) is 3.36. The van der Waals surface area contributed by atoms with E-state index in [-0.39, 0.29) is 23.9 Å². The van der Waals surface area contributed by atoms with E-state index in [9.17, 15) is 13.2 Å². The molecule has 0 aromatic heterocycles. The second-order valence-electron chi connectivity index (χ2n) is 10.8. The fraction of sp³-hybridized carbons (Fsp3) is 0.500. The summed E-state index contributed by atoms with van der Waals surface area (Å²) in [5.41, 5.74) is 5.68. The number of benzene rings is 2. The molecular formula is C30H38N2O5S. The Bertz CT molecular complexity index is 1280. The zero-order valence-electron chi connectivity index (χ0n) is 22.3. The predicted molar refractivity (Wildman–Crippen MR) is 148 cm³/mol. The van der Waals surface area contributed by atoms with Crippen molar-refractivity contribution in [1.29, 1.82) is 0 Å². The Morgan fingerprint density at radius 2 is 1.87 bits per heavy atom. The van der Waals surface area contributed by atoms with Gasteiger partial charge in [-0.05, 0) is 85.4 Å². The molecule has 1 N–H and O–H groups in total. The Kier molecular flexibility index (Phi) is 8.33. The summed E-state index contributed by atoms with van der Waals surface area (Å²) >= 11 is 0. The van der Waals surface area contributed by atoms with Crippen LogP contribution in [-0.2, 0) is 37.1 Å². The number of hydrogen-bond acceptors (Lipinski definition) is 5. The summed E-state index contributed by atoms with van der Waals surface area (Å²) in [4.78, 5) is 15.2. The molecule has 3 aliphatic rings. The second kappa shape index (κ2) is 11.7. The number of methoxy groups -OCH3 is 1. The van der Waals surface area contributed by atoms with Gasteiger partial charge in [0, 0.05) is 25.6 Å². The van der Waals surface area contributed by atoms with Crippen LogP contribution in [0.2, 0.25) is 0 Å². The molecule has 2 fully saturated rings. The molecule has 5 rings (SSSR count). The monoisotopic (exact) mass is 538 g/mol. The van der Waals surface area contributed by atoms with Crippen molar-refractivity contribution in [1.82, 2.24) is 9.62 Å². The normalized spacial score (nSPS) is 23.7. The Morgan fingerprint density at radius 3 is 2.58 bits per heavy atom. The number of nitrogens with one attached hydrogen (secondary N) is 1. The highest BCUT2D eigenvalue weighted by Gasteiger charge is 2.34. The van der Waals surface area contributed by atoms with Crippen molar-refractivity contribution in [2.24, 2.45) is 5.92 Å². The van der Waals surface area contributed by atoms with Crippen LogP contribution in [-0.4, -0.2) is 64.8 Å². The lowest BCUT2D eigenvalue weighted by Gasteiger charge is -2.37. The first-order valence-corrected chi connectivity index (χ1v) is 15.1. The van der Waals surface area contributed by atoms with E-state index in [1.54, 1.807) is 13.2 Å². The summed E-state index contributed by atoms with van der Waals surface area (Å²) in [5, 5.41) is 0. The van der Waals surface area contributed by atoms with Gasteiger partial charge < -0.3 is 14.4 Å². The van der Waals surface area contributed by atoms with Crippen LogP contribution >= 0.6 is 0 Å². The van der Waals surface area contributed by atoms with E-state index < -0.39 is 10.0 Å². The number of fused-ring (bicyclic) bond motifs is 1. The Labute approximate surface area is 226 Å². The van der Waals surface area contributed by atoms with Gasteiger partial charge in [-0.15, -0.1) is 0 Å². The number of ether oxygens (including phenoxy) is 2. The topological polar surface area (TPSA) is 84.9 Å². The third kappa shape index (κ3) is 6.04. The van der Waals surface area contributed by atoms with Crippen LogP contribution in [0.3, 0.4) is 0 Å². The van der Waals surface area contributed by atoms with Crippen LogP contribution < -0.4 is 4.72 Å². The first-order chi connectivity index (χ1) is 18.3. The molecule has 1 atom stereocenters. The molecule has 0 unspecified atom stereocenters. The first-order valence-electron chi connectivity index (χ1n) is 13.7. The zero-order valence-corrected chi connectivity index (χ0v) is 23.1. The van der Waals surface area contributed by atoms with Crippen LogP contribution in [0.25, 0.3) is 11.6 Å². The van der Waals surface area contributed by atoms with Crippen LogP contribution in [0, 0.1) is 5.92 Å². The molecule has 0 spiro atoms. The van der Waals surface area contributed by atoms with E-state index in [1.807, 2.05) is 24.0 Å². The summed E-state index contributed by atoms with van der Waals surface area (Å²) in [6, 6.07) is 13.9. The van der Waals surface area contributed by atoms with Crippen molar-refractivity contribution < 1.29 is 22.7 Å². The maximum atomic E-state index is 13.3. The van der Waals surface area contributed by atoms with Crippen molar-refractivity contribution in [3.05, 3.63) is 64.7 Å². The van der Waals surface area contributed by atoms with Gasteiger partial charge in [-0.2, -0.15) is 0 Å². The van der Waals surface area contributed by atoms with E-state index in [0.717, 1.165) is 23.1 Å². The number of hydrogen-bond donors (Lipinski definition) is 1. The second-order valence-corrected chi connectivity index (χ2v) is 12.5. The standard InChI is InChI=1S/C30H38N2O5S/c1-21-20-37-16-14-32(21)30(33)24-7-10-28(11-8-24)31-38(34,35)29-12-9-25-17-26(18-27(25)19-29)23-5-3-22(4-6-23)13-15-36-2/h3-6,9,12,17,19,21,24,28,31H,7-8,10-11,13-16,18,20H2,1-2H3/t21-,24?,28?/m0/s1. The molecule has 2 aliphatic carbocycles. The molecule has 1 aliphatic heterocycles. The summed E-state index contributed by atoms with van der Waals surface area (Å²) in [5.74, 6) is 0.156. The number of carbonyl (C=O) groups excluding carboxylic acids is 1. The van der Waals surface area contributed by atoms with Gasteiger partial charge in [0.05, 0.1) is 30.8 Å². The summed E-state index contributed by atoms with van der Waals surface area (Å²) in [6.07, 6.45) is 6.50. The van der Waals surface area contributed by atoms with Crippen molar-refractivity contribution >= 4 is 27.6 Å². The van der Waals surface area contributed by atoms with Gasteiger partial charge in [0.1, 0.15) is 0 Å². The maximum absolute atomic E-state index is 13.3. The van der Waals surface area contributed by atoms with Crippen LogP contribution in [0.5, 0.6) is 0 Å². The Hall–Kier alpha value is -2.52. The van der Waals surface area contributed by atoms with Crippen molar-refractivity contribution in [3.63, 3.8) is 0 Å². The lowest BCUT2D eigenvalue weighted by atomic mass is 9.85. The highest BCUT2D eigenvalue weighted by atomic mass is 32.2. The zero-order chi connectivity index (χ0) is 26.7. The Morgan fingerprint density at radius 1 is 1.11 bits per heavy atom. The minimum Gasteiger partial charge on any atom is -0.384 e. The van der Waals surface area contributed by atoms with Gasteiger partial charge >= 0.3 is 0 Å². The van der Waals surface area contributed by atoms with E-state index in [0.29, 0.717) is 63.4 Å². The van der Waals surface area contributed by atoms with E-state index in [1.165, 1.54) is 11.1 Å². The number of carbonyl (C=O) groups is 1. The molecule has 1 saturated carbocycles. The predicted octanol–water partition coefficient (Wildman–Crippen LogP) is 4.06. The molecule has 1 heterocycles. The van der Waals surface area contributed by atoms with E-state index in [4.69, 9.17) is 9.47 Å². The highest BCUT2D eigenvalue weighted by molar-refractivity contribution is 7.89. The summed E-state index contributed by atoms with van der Waals surface area (Å²) in [7, 11) is -1.93. The van der Waals surface area contributed by atoms with Crippen LogP contribution in [0.4, 0.5) is 0 Å². The quantitative estimate of drug-likeness (QED) is 0.548. The molecule has 1 amide bonds. The number of rotatable bonds is 8. The van der Waals surface area contributed by atoms with E-state index >= 15 is 0 Å². The van der Waals surface area contributed by atoms with Crippen molar-refractivity contribution in [2.75, 3.05) is 33.5 Å². The molecule has 38 heavy (non-hydrogen) atoms. The minimum absolute atomic E-state index is 0.0326. The highest BCUT2D eigenvalue weighted by Crippen LogP contribution is 2.34. The lowest BCUT2D eigenvalue weighted by molar-refractivity contribution is -0.144. The third-order valence-corrected chi connectivity index (χ3v) is 9.62. The molecule has 8 heteroatoms. The van der Waals surface area contributed by atoms with Gasteiger partial charge in [-0.3, -0.25) is 4.79 Å². The van der Waals surface area contributed by atoms with Gasteiger partial charge in [0.25, 0.3) is 0 Å². The minimum atomic E-state index is -3.64. The number of morpholine rings is 1. The SMILES string of the molecule is COCCc1ccc(C2=Cc3ccc(S(=O)(=O)NC4CCC(C(=O)N5CCOC[C@@H]5C)CC4)cc3C2)cc1. The number of sulfonamides is 1. The van der Waals surface area contributed by atoms with Crippen LogP contribution in [0.15, 0.2) is 47.4 Å². The first kappa shape index (κ1) is 27.1. The van der Waals surface area contributed by atoms with Gasteiger partial charge in [0.2, 0.25) is 15.9 Å². The van der Waals surface area contributed by atoms with E-state index in [2.05, 4.69) is 35.1 Å². The lowest BCUT2D eigenvalue weighted by Crippen LogP contribution is -2.50. The molecule has 0 bridgehead atoms. The number of amides is 1. The largest absolute Gasteiger partial charge is 0.384 e. The molecule has 1 saturated heterocycles. The van der Waals surface area contributed by atoms with Gasteiger partial charge in [-0.1, -0.05) is 36.4 Å². The fourth-order valence-electron chi connectivity index (χ4n) is 5.81. The van der Waals surface area contributed by atoms with Crippen molar-refractivity contribution in [3.8, 4) is 0 Å². The van der Waals surface area contributed by atoms with Crippen molar-refractivity contribution in [2.45, 2.75) is 62.4 Å². The molecular weight excluding hydrogens is 500 g/mol. The third-order valence-electron chi connectivity index (χ3n) is 8.10. The smallest absolute Gasteiger partial charge is 0.240 e. The molecule has 2 aromatic rings. The average molecular weight is 539 g/mol.